The van der Waals surface area contributed by atoms with Gasteiger partial charge in [0.25, 0.3) is 0 Å². The smallest absolute Gasteiger partial charge is 0.0341 e. The molecule has 0 bridgehead atoms. The first-order valence-electron chi connectivity index (χ1n) is 6.59. The van der Waals surface area contributed by atoms with Gasteiger partial charge in [-0.15, -0.1) is 11.3 Å². The van der Waals surface area contributed by atoms with E-state index in [1.165, 1.54) is 15.5 Å². The Labute approximate surface area is 125 Å². The van der Waals surface area contributed by atoms with Gasteiger partial charge in [0.15, 0.2) is 0 Å². The lowest BCUT2D eigenvalue weighted by molar-refractivity contribution is 0.992. The second-order valence-corrected chi connectivity index (χ2v) is 7.47. The Bertz CT molecular complexity index is 583. The Kier molecular flexibility index (Phi) is 4.60. The minimum Gasteiger partial charge on any atom is -0.283 e. The molecule has 0 unspecified atom stereocenters. The van der Waals surface area contributed by atoms with Crippen molar-refractivity contribution in [2.24, 2.45) is 0 Å². The van der Waals surface area contributed by atoms with Crippen molar-refractivity contribution in [2.75, 3.05) is 0 Å². The quantitative estimate of drug-likeness (QED) is 0.705. The van der Waals surface area contributed by atoms with Crippen LogP contribution in [0.4, 0.5) is 0 Å². The molecule has 100 valence electrons. The molecule has 1 heterocycles. The summed E-state index contributed by atoms with van der Waals surface area (Å²) < 4.78 is 0. The van der Waals surface area contributed by atoms with Crippen molar-refractivity contribution in [3.63, 3.8) is 0 Å². The normalized spacial score (nSPS) is 10.8. The fourth-order valence-corrected chi connectivity index (χ4v) is 4.74. The van der Waals surface area contributed by atoms with Crippen LogP contribution in [0.5, 0.6) is 0 Å². The molecule has 1 aromatic heterocycles. The summed E-state index contributed by atoms with van der Waals surface area (Å²) in [4.78, 5) is 1.38. The predicted octanol–water partition coefficient (Wildman–Crippen LogP) is 3.89. The van der Waals surface area contributed by atoms with E-state index in [1.807, 2.05) is 0 Å². The van der Waals surface area contributed by atoms with Crippen molar-refractivity contribution in [2.45, 2.75) is 6.54 Å². The Morgan fingerprint density at radius 2 is 1.35 bits per heavy atom. The summed E-state index contributed by atoms with van der Waals surface area (Å²) in [7, 11) is -0.499. The van der Waals surface area contributed by atoms with E-state index in [-0.39, 0.29) is 0 Å². The third-order valence-electron chi connectivity index (χ3n) is 3.02. The molecule has 0 saturated carbocycles. The molecule has 1 N–H and O–H groups in total. The molecule has 0 aliphatic carbocycles. The first-order chi connectivity index (χ1) is 9.93. The zero-order valence-corrected chi connectivity index (χ0v) is 12.8. The van der Waals surface area contributed by atoms with Gasteiger partial charge >= 0.3 is 0 Å². The predicted molar refractivity (Wildman–Crippen MR) is 90.2 cm³/mol. The van der Waals surface area contributed by atoms with Crippen molar-refractivity contribution >= 4 is 30.0 Å². The minimum absolute atomic E-state index is 0.499. The molecule has 0 atom stereocenters. The second kappa shape index (κ2) is 6.81. The lowest BCUT2D eigenvalue weighted by Crippen LogP contribution is -2.22. The van der Waals surface area contributed by atoms with E-state index in [0.717, 1.165) is 6.54 Å². The van der Waals surface area contributed by atoms with Crippen LogP contribution < -0.4 is 15.7 Å². The largest absolute Gasteiger partial charge is 0.283 e. The van der Waals surface area contributed by atoms with Gasteiger partial charge in [0.05, 0.1) is 0 Å². The average molecular weight is 297 g/mol. The highest BCUT2D eigenvalue weighted by molar-refractivity contribution is 7.71. The zero-order valence-electron chi connectivity index (χ0n) is 11.1. The number of hydrogen-bond donors (Lipinski definition) is 1. The van der Waals surface area contributed by atoms with E-state index < -0.39 is 8.07 Å². The molecule has 0 aliphatic heterocycles. The lowest BCUT2D eigenvalue weighted by atomic mass is 10.4. The van der Waals surface area contributed by atoms with Gasteiger partial charge < -0.3 is 0 Å². The van der Waals surface area contributed by atoms with Gasteiger partial charge in [-0.3, -0.25) is 5.09 Å². The van der Waals surface area contributed by atoms with Crippen LogP contribution in [0, 0.1) is 0 Å². The maximum Gasteiger partial charge on any atom is 0.0341 e. The molecule has 0 spiro atoms. The molecule has 0 aliphatic rings. The van der Waals surface area contributed by atoms with Crippen molar-refractivity contribution in [3.05, 3.63) is 83.1 Å². The number of benzene rings is 2. The second-order valence-electron chi connectivity index (χ2n) is 4.42. The van der Waals surface area contributed by atoms with Crippen LogP contribution in [0.1, 0.15) is 4.88 Å². The van der Waals surface area contributed by atoms with Crippen LogP contribution >= 0.6 is 19.4 Å². The third kappa shape index (κ3) is 3.34. The molecule has 3 aromatic rings. The topological polar surface area (TPSA) is 12.0 Å². The fourth-order valence-electron chi connectivity index (χ4n) is 2.06. The first kappa shape index (κ1) is 13.5. The zero-order chi connectivity index (χ0) is 13.6. The summed E-state index contributed by atoms with van der Waals surface area (Å²) in [5.74, 6) is 0. The molecule has 0 radical (unpaired) electrons. The van der Waals surface area contributed by atoms with E-state index in [0.29, 0.717) is 0 Å². The van der Waals surface area contributed by atoms with Gasteiger partial charge in [-0.05, 0) is 22.1 Å². The number of hydrogen-bond acceptors (Lipinski definition) is 2. The summed E-state index contributed by atoms with van der Waals surface area (Å²) in [6.45, 7) is 0.924. The Balaban J connectivity index is 1.84. The van der Waals surface area contributed by atoms with E-state index in [1.54, 1.807) is 11.3 Å². The van der Waals surface area contributed by atoms with Crippen LogP contribution in [-0.4, -0.2) is 0 Å². The van der Waals surface area contributed by atoms with Gasteiger partial charge in [0, 0.05) is 19.5 Å². The summed E-state index contributed by atoms with van der Waals surface area (Å²) in [6.07, 6.45) is 0. The summed E-state index contributed by atoms with van der Waals surface area (Å²) in [5.41, 5.74) is 0. The number of nitrogens with one attached hydrogen (secondary N) is 1. The minimum atomic E-state index is -0.499. The van der Waals surface area contributed by atoms with Crippen LogP contribution in [0.3, 0.4) is 0 Å². The van der Waals surface area contributed by atoms with Crippen LogP contribution in [0.2, 0.25) is 0 Å². The van der Waals surface area contributed by atoms with Crippen molar-refractivity contribution in [1.82, 2.24) is 5.09 Å². The van der Waals surface area contributed by atoms with E-state index in [4.69, 9.17) is 0 Å². The highest BCUT2D eigenvalue weighted by Gasteiger charge is 2.12. The summed E-state index contributed by atoms with van der Waals surface area (Å²) >= 11 is 1.80. The molecule has 20 heavy (non-hydrogen) atoms. The molecule has 0 fully saturated rings. The monoisotopic (exact) mass is 297 g/mol. The molecular formula is C17H16NPS. The van der Waals surface area contributed by atoms with Crippen molar-refractivity contribution in [3.8, 4) is 0 Å². The van der Waals surface area contributed by atoms with Crippen LogP contribution in [-0.2, 0) is 6.54 Å². The molecule has 2 aromatic carbocycles. The molecule has 1 nitrogen and oxygen atoms in total. The molecule has 3 heteroatoms. The molecule has 0 saturated heterocycles. The number of thiophene rings is 1. The van der Waals surface area contributed by atoms with Crippen LogP contribution in [0.15, 0.2) is 78.2 Å². The van der Waals surface area contributed by atoms with Gasteiger partial charge in [-0.1, -0.05) is 66.7 Å². The third-order valence-corrected chi connectivity index (χ3v) is 6.00. The van der Waals surface area contributed by atoms with Crippen molar-refractivity contribution < 1.29 is 0 Å². The van der Waals surface area contributed by atoms with Crippen molar-refractivity contribution in [1.29, 1.82) is 0 Å². The maximum atomic E-state index is 3.73. The van der Waals surface area contributed by atoms with Gasteiger partial charge in [0.2, 0.25) is 0 Å². The van der Waals surface area contributed by atoms with E-state index >= 15 is 0 Å². The number of rotatable bonds is 5. The SMILES string of the molecule is c1ccc(P(NCc2cccs2)c2ccccc2)cc1. The molecule has 3 rings (SSSR count). The van der Waals surface area contributed by atoms with Gasteiger partial charge in [-0.2, -0.15) is 0 Å². The first-order valence-corrected chi connectivity index (χ1v) is 8.82. The lowest BCUT2D eigenvalue weighted by Gasteiger charge is -2.19. The maximum absolute atomic E-state index is 3.73. The average Bonchev–Trinajstić information content (AvgIpc) is 3.03. The molecule has 0 amide bonds. The van der Waals surface area contributed by atoms with Gasteiger partial charge in [0.1, 0.15) is 0 Å². The van der Waals surface area contributed by atoms with E-state index in [9.17, 15) is 0 Å². The van der Waals surface area contributed by atoms with Crippen LogP contribution in [0.25, 0.3) is 0 Å². The van der Waals surface area contributed by atoms with Gasteiger partial charge in [-0.25, -0.2) is 0 Å². The van der Waals surface area contributed by atoms with E-state index in [2.05, 4.69) is 83.3 Å². The Hall–Kier alpha value is -1.47. The standard InChI is InChI=1S/C17H16NPS/c1-3-8-15(9-4-1)19(16-10-5-2-6-11-16)18-14-17-12-7-13-20-17/h1-13,18H,14H2. The Morgan fingerprint density at radius 1 is 0.750 bits per heavy atom. The summed E-state index contributed by atoms with van der Waals surface area (Å²) in [6, 6.07) is 25.7. The molecular weight excluding hydrogens is 281 g/mol. The highest BCUT2D eigenvalue weighted by Crippen LogP contribution is 2.29. The summed E-state index contributed by atoms with van der Waals surface area (Å²) in [5, 5.41) is 8.59. The fraction of sp³-hybridized carbons (Fsp3) is 0.0588. The highest BCUT2D eigenvalue weighted by atomic mass is 32.1. The Morgan fingerprint density at radius 3 is 1.85 bits per heavy atom.